The molecule has 0 aromatic carbocycles. The molecule has 2 nitrogen and oxygen atoms in total. The molecule has 0 aromatic rings. The van der Waals surface area contributed by atoms with E-state index in [0.717, 1.165) is 12.8 Å². The molecule has 0 N–H and O–H groups in total. The van der Waals surface area contributed by atoms with Crippen LogP contribution in [0.15, 0.2) is 12.7 Å². The zero-order valence-electron chi connectivity index (χ0n) is 15.4. The maximum absolute atomic E-state index is 10.8. The van der Waals surface area contributed by atoms with E-state index < -0.39 is 7.38 Å². The van der Waals surface area contributed by atoms with Gasteiger partial charge in [0.15, 0.2) is 0 Å². The molecular formula is C19H37ClO2Si. The molecular weight excluding hydrogens is 324 g/mol. The third-order valence-electron chi connectivity index (χ3n) is 4.08. The van der Waals surface area contributed by atoms with Gasteiger partial charge in [0.25, 0.3) is 0 Å². The van der Waals surface area contributed by atoms with E-state index in [9.17, 15) is 4.79 Å². The van der Waals surface area contributed by atoms with Crippen LogP contribution in [-0.2, 0) is 9.53 Å². The highest BCUT2D eigenvalue weighted by Gasteiger charge is 2.15. The number of rotatable bonds is 16. The van der Waals surface area contributed by atoms with Crippen molar-refractivity contribution in [3.05, 3.63) is 12.7 Å². The van der Waals surface area contributed by atoms with Crippen molar-refractivity contribution in [1.29, 1.82) is 0 Å². The van der Waals surface area contributed by atoms with Crippen LogP contribution >= 0.6 is 11.1 Å². The topological polar surface area (TPSA) is 26.3 Å². The van der Waals surface area contributed by atoms with Crippen LogP contribution in [0.25, 0.3) is 0 Å². The first-order valence-electron chi connectivity index (χ1n) is 9.44. The zero-order chi connectivity index (χ0) is 17.4. The minimum atomic E-state index is -1.32. The van der Waals surface area contributed by atoms with Gasteiger partial charge in [-0.2, -0.15) is 11.1 Å². The van der Waals surface area contributed by atoms with Gasteiger partial charge in [0.2, 0.25) is 0 Å². The molecule has 0 amide bonds. The van der Waals surface area contributed by atoms with Crippen LogP contribution in [0, 0.1) is 0 Å². The summed E-state index contributed by atoms with van der Waals surface area (Å²) < 4.78 is 4.95. The lowest BCUT2D eigenvalue weighted by Gasteiger charge is -2.11. The van der Waals surface area contributed by atoms with E-state index >= 15 is 0 Å². The van der Waals surface area contributed by atoms with E-state index in [0.29, 0.717) is 6.61 Å². The Morgan fingerprint density at radius 2 is 1.26 bits per heavy atom. The van der Waals surface area contributed by atoms with E-state index in [1.54, 1.807) is 0 Å². The third-order valence-corrected chi connectivity index (χ3v) is 6.19. The van der Waals surface area contributed by atoms with Crippen LogP contribution in [-0.4, -0.2) is 20.0 Å². The molecule has 0 fully saturated rings. The summed E-state index contributed by atoms with van der Waals surface area (Å²) in [7, 11) is -1.32. The van der Waals surface area contributed by atoms with Crippen molar-refractivity contribution in [2.75, 3.05) is 6.61 Å². The lowest BCUT2D eigenvalue weighted by molar-refractivity contribution is -0.137. The second-order valence-electron chi connectivity index (χ2n) is 7.08. The Bertz CT molecular complexity index is 300. The number of carbonyl (C=O) groups is 1. The van der Waals surface area contributed by atoms with E-state index in [-0.39, 0.29) is 5.97 Å². The van der Waals surface area contributed by atoms with Crippen LogP contribution in [0.3, 0.4) is 0 Å². The van der Waals surface area contributed by atoms with Gasteiger partial charge in [-0.25, -0.2) is 4.79 Å². The molecule has 23 heavy (non-hydrogen) atoms. The van der Waals surface area contributed by atoms with Crippen molar-refractivity contribution in [1.82, 2.24) is 0 Å². The van der Waals surface area contributed by atoms with E-state index in [1.165, 1.54) is 76.3 Å². The number of halogens is 1. The van der Waals surface area contributed by atoms with Gasteiger partial charge < -0.3 is 4.74 Å². The lowest BCUT2D eigenvalue weighted by Crippen LogP contribution is -2.14. The van der Waals surface area contributed by atoms with Gasteiger partial charge in [-0.1, -0.05) is 90.3 Å². The summed E-state index contributed by atoms with van der Waals surface area (Å²) in [5.41, 5.74) is 0. The molecule has 4 heteroatoms. The molecule has 0 aliphatic rings. The Hall–Kier alpha value is -0.283. The van der Waals surface area contributed by atoms with Crippen LogP contribution in [0.1, 0.15) is 77.0 Å². The fourth-order valence-corrected chi connectivity index (χ4v) is 4.14. The summed E-state index contributed by atoms with van der Waals surface area (Å²) in [5.74, 6) is -0.307. The summed E-state index contributed by atoms with van der Waals surface area (Å²) in [4.78, 5) is 10.8. The maximum Gasteiger partial charge on any atom is 0.330 e. The molecule has 0 unspecified atom stereocenters. The van der Waals surface area contributed by atoms with Gasteiger partial charge in [-0.3, -0.25) is 0 Å². The average Bonchev–Trinajstić information content (AvgIpc) is 2.49. The molecule has 0 rings (SSSR count). The molecule has 0 aliphatic carbocycles. The Morgan fingerprint density at radius 1 is 0.870 bits per heavy atom. The van der Waals surface area contributed by atoms with Gasteiger partial charge in [0.1, 0.15) is 7.38 Å². The van der Waals surface area contributed by atoms with Crippen LogP contribution in [0.2, 0.25) is 19.1 Å². The molecule has 0 radical (unpaired) electrons. The lowest BCUT2D eigenvalue weighted by atomic mass is 10.1. The van der Waals surface area contributed by atoms with Gasteiger partial charge in [0, 0.05) is 6.08 Å². The van der Waals surface area contributed by atoms with Crippen LogP contribution < -0.4 is 0 Å². The van der Waals surface area contributed by atoms with Crippen LogP contribution in [0.4, 0.5) is 0 Å². The first-order chi connectivity index (χ1) is 11.0. The van der Waals surface area contributed by atoms with Crippen molar-refractivity contribution in [2.24, 2.45) is 0 Å². The van der Waals surface area contributed by atoms with Crippen molar-refractivity contribution in [3.63, 3.8) is 0 Å². The van der Waals surface area contributed by atoms with E-state index in [1.807, 2.05) is 0 Å². The van der Waals surface area contributed by atoms with Crippen LogP contribution in [0.5, 0.6) is 0 Å². The van der Waals surface area contributed by atoms with Gasteiger partial charge in [0.05, 0.1) is 6.61 Å². The predicted octanol–water partition coefficient (Wildman–Crippen LogP) is 6.84. The summed E-state index contributed by atoms with van der Waals surface area (Å²) in [6.45, 7) is 8.39. The number of ether oxygens (including phenoxy) is 1. The molecule has 0 bridgehead atoms. The standard InChI is InChI=1S/C19H37ClO2Si/c1-4-19(21)22-17-15-13-11-9-7-5-6-8-10-12-14-16-18-23(2,3)20/h4H,1,5-18H2,2-3H3. The quantitative estimate of drug-likeness (QED) is 0.0989. The number of carbonyl (C=O) groups excluding carboxylic acids is 1. The van der Waals surface area contributed by atoms with Crippen molar-refractivity contribution in [2.45, 2.75) is 96.2 Å². The highest BCUT2D eigenvalue weighted by molar-refractivity contribution is 7.19. The van der Waals surface area contributed by atoms with Gasteiger partial charge >= 0.3 is 5.97 Å². The molecule has 0 heterocycles. The van der Waals surface area contributed by atoms with E-state index in [2.05, 4.69) is 19.7 Å². The summed E-state index contributed by atoms with van der Waals surface area (Å²) >= 11 is 6.32. The maximum atomic E-state index is 10.8. The molecule has 0 spiro atoms. The molecule has 0 aromatic heterocycles. The first-order valence-corrected chi connectivity index (χ1v) is 13.7. The molecule has 0 saturated carbocycles. The fraction of sp³-hybridized carbons (Fsp3) is 0.842. The number of hydrogen-bond donors (Lipinski definition) is 0. The normalized spacial score (nSPS) is 11.4. The molecule has 0 aliphatic heterocycles. The molecule has 136 valence electrons. The number of esters is 1. The Kier molecular flexibility index (Phi) is 15.1. The fourth-order valence-electron chi connectivity index (χ4n) is 2.65. The van der Waals surface area contributed by atoms with Gasteiger partial charge in [-0.15, -0.1) is 0 Å². The largest absolute Gasteiger partial charge is 0.463 e. The third kappa shape index (κ3) is 19.7. The Morgan fingerprint density at radius 3 is 1.65 bits per heavy atom. The predicted molar refractivity (Wildman–Crippen MR) is 105 cm³/mol. The summed E-state index contributed by atoms with van der Waals surface area (Å²) in [5, 5.41) is 0. The smallest absolute Gasteiger partial charge is 0.330 e. The summed E-state index contributed by atoms with van der Waals surface area (Å²) in [6, 6.07) is 1.27. The SMILES string of the molecule is C=CC(=O)OCCCCCCCCCCCCCC[Si](C)(C)Cl. The Labute approximate surface area is 149 Å². The molecule has 0 atom stereocenters. The van der Waals surface area contributed by atoms with Crippen molar-refractivity contribution < 1.29 is 9.53 Å². The first kappa shape index (κ1) is 22.7. The van der Waals surface area contributed by atoms with Crippen molar-refractivity contribution >= 4 is 24.4 Å². The second kappa shape index (κ2) is 15.3. The minimum Gasteiger partial charge on any atom is -0.463 e. The number of unbranched alkanes of at least 4 members (excludes halogenated alkanes) is 11. The van der Waals surface area contributed by atoms with Crippen molar-refractivity contribution in [3.8, 4) is 0 Å². The Balaban J connectivity index is 3.08. The molecule has 0 saturated heterocycles. The average molecular weight is 361 g/mol. The van der Waals surface area contributed by atoms with Gasteiger partial charge in [-0.05, 0) is 12.5 Å². The highest BCUT2D eigenvalue weighted by Crippen LogP contribution is 2.19. The van der Waals surface area contributed by atoms with E-state index in [4.69, 9.17) is 15.8 Å². The number of hydrogen-bond acceptors (Lipinski definition) is 2. The highest BCUT2D eigenvalue weighted by atomic mass is 35.6. The second-order valence-corrected chi connectivity index (χ2v) is 14.1. The monoisotopic (exact) mass is 360 g/mol. The summed E-state index contributed by atoms with van der Waals surface area (Å²) in [6.07, 6.45) is 16.9. The minimum absolute atomic E-state index is 0.307. The zero-order valence-corrected chi connectivity index (χ0v) is 17.1.